The number of rotatable bonds is 5. The van der Waals surface area contributed by atoms with Crippen molar-refractivity contribution in [1.29, 1.82) is 0 Å². The quantitative estimate of drug-likeness (QED) is 0.692. The largest absolute Gasteiger partial charge is 0.339 e. The summed E-state index contributed by atoms with van der Waals surface area (Å²) < 4.78 is 28.9. The molecule has 2 amide bonds. The van der Waals surface area contributed by atoms with Gasteiger partial charge < -0.3 is 9.80 Å². The molecule has 0 atom stereocenters. The molecule has 0 spiro atoms. The number of halogens is 1. The molecule has 1 saturated heterocycles. The van der Waals surface area contributed by atoms with Crippen LogP contribution < -0.4 is 4.72 Å². The van der Waals surface area contributed by atoms with E-state index in [1.165, 1.54) is 12.1 Å². The Morgan fingerprint density at radius 1 is 1.03 bits per heavy atom. The number of anilines is 1. The van der Waals surface area contributed by atoms with Crippen LogP contribution in [0.5, 0.6) is 0 Å². The lowest BCUT2D eigenvalue weighted by Crippen LogP contribution is -2.50. The number of piperazine rings is 1. The molecular weight excluding hydrogens is 470 g/mol. The van der Waals surface area contributed by atoms with Gasteiger partial charge in [0.05, 0.1) is 10.6 Å². The predicted molar refractivity (Wildman–Crippen MR) is 119 cm³/mol. The van der Waals surface area contributed by atoms with E-state index in [2.05, 4.69) is 20.7 Å². The lowest BCUT2D eigenvalue weighted by atomic mass is 10.2. The molecule has 1 N–H and O–H groups in total. The molecule has 1 fully saturated rings. The van der Waals surface area contributed by atoms with E-state index in [1.807, 2.05) is 19.9 Å². The maximum atomic E-state index is 12.9. The number of hydrogen-bond acceptors (Lipinski definition) is 4. The lowest BCUT2D eigenvalue weighted by Gasteiger charge is -2.34. The zero-order valence-corrected chi connectivity index (χ0v) is 19.3. The number of amides is 2. The van der Waals surface area contributed by atoms with E-state index in [4.69, 9.17) is 0 Å². The van der Waals surface area contributed by atoms with Crippen LogP contribution in [0, 0.1) is 6.92 Å². The summed E-state index contributed by atoms with van der Waals surface area (Å²) in [5.74, 6) is -0.170. The van der Waals surface area contributed by atoms with E-state index in [0.29, 0.717) is 48.3 Å². The fourth-order valence-electron chi connectivity index (χ4n) is 3.28. The molecule has 2 aromatic carbocycles. The molecule has 0 aromatic heterocycles. The monoisotopic (exact) mass is 493 g/mol. The van der Waals surface area contributed by atoms with Crippen LogP contribution in [0.3, 0.4) is 0 Å². The number of aryl methyl sites for hydroxylation is 1. The number of hydrogen-bond donors (Lipinski definition) is 1. The van der Waals surface area contributed by atoms with Crippen LogP contribution in [-0.2, 0) is 14.8 Å². The van der Waals surface area contributed by atoms with Crippen LogP contribution >= 0.6 is 15.9 Å². The van der Waals surface area contributed by atoms with Crippen molar-refractivity contribution >= 4 is 43.5 Å². The summed E-state index contributed by atoms with van der Waals surface area (Å²) in [6, 6.07) is 11.4. The predicted octanol–water partition coefficient (Wildman–Crippen LogP) is 3.25. The third-order valence-electron chi connectivity index (χ3n) is 4.98. The first-order chi connectivity index (χ1) is 14.2. The molecule has 7 nitrogen and oxygen atoms in total. The fourth-order valence-corrected chi connectivity index (χ4v) is 4.88. The summed E-state index contributed by atoms with van der Waals surface area (Å²) in [7, 11) is -3.87. The first kappa shape index (κ1) is 22.3. The van der Waals surface area contributed by atoms with Crippen molar-refractivity contribution in [3.63, 3.8) is 0 Å². The molecule has 1 aliphatic rings. The van der Waals surface area contributed by atoms with E-state index < -0.39 is 10.0 Å². The van der Waals surface area contributed by atoms with Crippen molar-refractivity contribution < 1.29 is 18.0 Å². The average Bonchev–Trinajstić information content (AvgIpc) is 2.75. The second-order valence-corrected chi connectivity index (χ2v) is 9.68. The molecule has 0 aliphatic carbocycles. The van der Waals surface area contributed by atoms with Gasteiger partial charge in [-0.1, -0.05) is 19.1 Å². The molecule has 0 unspecified atom stereocenters. The van der Waals surface area contributed by atoms with Crippen molar-refractivity contribution in [3.05, 3.63) is 58.1 Å². The van der Waals surface area contributed by atoms with Crippen LogP contribution in [0.4, 0.5) is 5.69 Å². The van der Waals surface area contributed by atoms with Gasteiger partial charge in [-0.15, -0.1) is 0 Å². The van der Waals surface area contributed by atoms with Crippen molar-refractivity contribution in [1.82, 2.24) is 9.80 Å². The Bertz CT molecular complexity index is 1060. The number of carbonyl (C=O) groups excluding carboxylic acids is 2. The summed E-state index contributed by atoms with van der Waals surface area (Å²) in [5, 5.41) is 0. The first-order valence-electron chi connectivity index (χ1n) is 9.67. The average molecular weight is 494 g/mol. The third kappa shape index (κ3) is 5.02. The van der Waals surface area contributed by atoms with E-state index in [1.54, 1.807) is 34.1 Å². The van der Waals surface area contributed by atoms with Gasteiger partial charge in [0.25, 0.3) is 15.9 Å². The second kappa shape index (κ2) is 9.18. The highest BCUT2D eigenvalue weighted by Gasteiger charge is 2.25. The molecule has 0 radical (unpaired) electrons. The number of nitrogens with one attached hydrogen (secondary N) is 1. The van der Waals surface area contributed by atoms with Gasteiger partial charge >= 0.3 is 0 Å². The number of carbonyl (C=O) groups is 2. The Balaban J connectivity index is 1.76. The molecule has 0 saturated carbocycles. The zero-order chi connectivity index (χ0) is 21.9. The molecule has 160 valence electrons. The zero-order valence-electron chi connectivity index (χ0n) is 16.9. The Hall–Kier alpha value is -2.39. The van der Waals surface area contributed by atoms with E-state index >= 15 is 0 Å². The maximum absolute atomic E-state index is 12.9. The summed E-state index contributed by atoms with van der Waals surface area (Å²) >= 11 is 3.35. The first-order valence-corrected chi connectivity index (χ1v) is 11.9. The van der Waals surface area contributed by atoms with Gasteiger partial charge in [-0.3, -0.25) is 14.3 Å². The van der Waals surface area contributed by atoms with Gasteiger partial charge in [0.2, 0.25) is 5.91 Å². The molecule has 3 rings (SSSR count). The summed E-state index contributed by atoms with van der Waals surface area (Å²) in [5.41, 5.74) is 1.65. The maximum Gasteiger partial charge on any atom is 0.261 e. The van der Waals surface area contributed by atoms with Crippen LogP contribution in [0.1, 0.15) is 29.3 Å². The minimum absolute atomic E-state index is 0.0153. The summed E-state index contributed by atoms with van der Waals surface area (Å²) in [6.07, 6.45) is 0.442. The molecule has 1 heterocycles. The highest BCUT2D eigenvalue weighted by molar-refractivity contribution is 9.10. The lowest BCUT2D eigenvalue weighted by molar-refractivity contribution is -0.132. The Labute approximate surface area is 185 Å². The topological polar surface area (TPSA) is 86.8 Å². The molecular formula is C21H24BrN3O4S. The number of sulfonamides is 1. The van der Waals surface area contributed by atoms with Crippen molar-refractivity contribution in [2.45, 2.75) is 25.2 Å². The van der Waals surface area contributed by atoms with Gasteiger partial charge in [-0.05, 0) is 58.7 Å². The molecule has 1 aliphatic heterocycles. The smallest absolute Gasteiger partial charge is 0.261 e. The SMILES string of the molecule is CCC(=O)N1CCN(C(=O)c2cccc(S(=O)(=O)Nc3cc(C)ccc3Br)c2)CC1. The van der Waals surface area contributed by atoms with Crippen molar-refractivity contribution in [2.75, 3.05) is 30.9 Å². The molecule has 9 heteroatoms. The van der Waals surface area contributed by atoms with Gasteiger partial charge in [0.15, 0.2) is 0 Å². The van der Waals surface area contributed by atoms with E-state index in [9.17, 15) is 18.0 Å². The highest BCUT2D eigenvalue weighted by atomic mass is 79.9. The highest BCUT2D eigenvalue weighted by Crippen LogP contribution is 2.26. The molecule has 30 heavy (non-hydrogen) atoms. The summed E-state index contributed by atoms with van der Waals surface area (Å²) in [4.78, 5) is 28.1. The van der Waals surface area contributed by atoms with Gasteiger partial charge in [-0.2, -0.15) is 0 Å². The van der Waals surface area contributed by atoms with Gasteiger partial charge in [0.1, 0.15) is 0 Å². The Kier molecular flexibility index (Phi) is 6.82. The van der Waals surface area contributed by atoms with Gasteiger partial charge in [0, 0.05) is 42.6 Å². The summed E-state index contributed by atoms with van der Waals surface area (Å²) in [6.45, 7) is 5.51. The van der Waals surface area contributed by atoms with E-state index in [0.717, 1.165) is 5.56 Å². The van der Waals surface area contributed by atoms with Crippen LogP contribution in [-0.4, -0.2) is 56.2 Å². The molecule has 0 bridgehead atoms. The second-order valence-electron chi connectivity index (χ2n) is 7.14. The minimum atomic E-state index is -3.87. The normalized spacial score (nSPS) is 14.5. The molecule has 2 aromatic rings. The van der Waals surface area contributed by atoms with E-state index in [-0.39, 0.29) is 16.7 Å². The standard InChI is InChI=1S/C21H24BrN3O4S/c1-3-20(26)24-9-11-25(12-10-24)21(27)16-5-4-6-17(14-16)30(28,29)23-19-13-15(2)7-8-18(19)22/h4-8,13-14,23H,3,9-12H2,1-2H3. The van der Waals surface area contributed by atoms with Crippen LogP contribution in [0.2, 0.25) is 0 Å². The fraction of sp³-hybridized carbons (Fsp3) is 0.333. The van der Waals surface area contributed by atoms with Crippen LogP contribution in [0.25, 0.3) is 0 Å². The van der Waals surface area contributed by atoms with Crippen LogP contribution in [0.15, 0.2) is 51.8 Å². The minimum Gasteiger partial charge on any atom is -0.339 e. The number of nitrogens with zero attached hydrogens (tertiary/aromatic N) is 2. The Morgan fingerprint density at radius 3 is 2.37 bits per heavy atom. The Morgan fingerprint density at radius 2 is 1.70 bits per heavy atom. The number of benzene rings is 2. The van der Waals surface area contributed by atoms with Crippen molar-refractivity contribution in [3.8, 4) is 0 Å². The third-order valence-corrected chi connectivity index (χ3v) is 7.03. The van der Waals surface area contributed by atoms with Gasteiger partial charge in [-0.25, -0.2) is 8.42 Å². The van der Waals surface area contributed by atoms with Crippen molar-refractivity contribution in [2.24, 2.45) is 0 Å².